The van der Waals surface area contributed by atoms with Crippen LogP contribution in [0.15, 0.2) is 82.6 Å². The number of carbonyl (C=O) groups is 2. The Hall–Kier alpha value is -3.45. The highest BCUT2D eigenvalue weighted by molar-refractivity contribution is 7.99. The van der Waals surface area contributed by atoms with Gasteiger partial charge in [0.2, 0.25) is 0 Å². The molecule has 0 saturated carbocycles. The van der Waals surface area contributed by atoms with Crippen molar-refractivity contribution >= 4 is 35.1 Å². The molecular formula is C28H32N2O4S. The van der Waals surface area contributed by atoms with Crippen LogP contribution in [0, 0.1) is 0 Å². The second-order valence-electron chi connectivity index (χ2n) is 7.89. The van der Waals surface area contributed by atoms with Crippen LogP contribution in [0.4, 0.5) is 16.2 Å². The molecule has 0 radical (unpaired) electrons. The molecule has 0 aromatic heterocycles. The Labute approximate surface area is 211 Å². The summed E-state index contributed by atoms with van der Waals surface area (Å²) < 4.78 is 10.2. The zero-order valence-electron chi connectivity index (χ0n) is 20.5. The van der Waals surface area contributed by atoms with E-state index in [1.54, 1.807) is 30.7 Å². The third-order valence-corrected chi connectivity index (χ3v) is 6.26. The van der Waals surface area contributed by atoms with Crippen LogP contribution < -0.4 is 15.0 Å². The van der Waals surface area contributed by atoms with Crippen molar-refractivity contribution in [2.24, 2.45) is 0 Å². The van der Waals surface area contributed by atoms with Gasteiger partial charge in [0.15, 0.2) is 0 Å². The number of urea groups is 1. The molecule has 6 nitrogen and oxygen atoms in total. The summed E-state index contributed by atoms with van der Waals surface area (Å²) in [4.78, 5) is 28.7. The van der Waals surface area contributed by atoms with Gasteiger partial charge >= 0.3 is 12.0 Å². The molecule has 0 aliphatic heterocycles. The van der Waals surface area contributed by atoms with Crippen molar-refractivity contribution in [1.29, 1.82) is 0 Å². The lowest BCUT2D eigenvalue weighted by Gasteiger charge is -2.24. The number of methoxy groups -OCH3 is 1. The van der Waals surface area contributed by atoms with Crippen LogP contribution in [0.25, 0.3) is 0 Å². The number of hydrogen-bond acceptors (Lipinski definition) is 5. The molecule has 3 rings (SSSR count). The number of ether oxygens (including phenoxy) is 2. The first-order valence-corrected chi connectivity index (χ1v) is 12.6. The lowest BCUT2D eigenvalue weighted by atomic mass is 10.1. The zero-order valence-corrected chi connectivity index (χ0v) is 21.3. The molecule has 2 amide bonds. The van der Waals surface area contributed by atoms with E-state index < -0.39 is 0 Å². The number of hydrogen-bond donors (Lipinski definition) is 1. The summed E-state index contributed by atoms with van der Waals surface area (Å²) in [6.07, 6.45) is 2.15. The SMILES string of the molecule is CCCCN(C(=O)Nc1ccc(OC)cc1)c1cccc(Sc2ccc(CC(=O)OCC)cc2)c1. The van der Waals surface area contributed by atoms with Crippen molar-refractivity contribution in [2.45, 2.75) is 42.9 Å². The molecule has 3 aromatic carbocycles. The largest absolute Gasteiger partial charge is 0.497 e. The highest BCUT2D eigenvalue weighted by Crippen LogP contribution is 2.31. The van der Waals surface area contributed by atoms with Gasteiger partial charge in [-0.05, 0) is 73.5 Å². The molecule has 3 aromatic rings. The lowest BCUT2D eigenvalue weighted by molar-refractivity contribution is -0.142. The Bertz CT molecular complexity index is 1100. The van der Waals surface area contributed by atoms with Crippen LogP contribution in [0.1, 0.15) is 32.3 Å². The number of nitrogens with zero attached hydrogens (tertiary/aromatic N) is 1. The highest BCUT2D eigenvalue weighted by Gasteiger charge is 2.16. The molecule has 0 aliphatic rings. The highest BCUT2D eigenvalue weighted by atomic mass is 32.2. The van der Waals surface area contributed by atoms with Crippen LogP contribution in [0.5, 0.6) is 5.75 Å². The Kier molecular flexibility index (Phi) is 10.0. The Morgan fingerprint density at radius 3 is 2.34 bits per heavy atom. The van der Waals surface area contributed by atoms with Gasteiger partial charge in [-0.1, -0.05) is 43.3 Å². The minimum Gasteiger partial charge on any atom is -0.497 e. The average Bonchev–Trinajstić information content (AvgIpc) is 2.86. The van der Waals surface area contributed by atoms with Gasteiger partial charge < -0.3 is 14.8 Å². The van der Waals surface area contributed by atoms with E-state index >= 15 is 0 Å². The Balaban J connectivity index is 1.71. The van der Waals surface area contributed by atoms with E-state index in [9.17, 15) is 9.59 Å². The van der Waals surface area contributed by atoms with Gasteiger partial charge in [0.05, 0.1) is 20.1 Å². The van der Waals surface area contributed by atoms with Crippen molar-refractivity contribution in [3.05, 3.63) is 78.4 Å². The second-order valence-corrected chi connectivity index (χ2v) is 9.04. The lowest BCUT2D eigenvalue weighted by Crippen LogP contribution is -2.35. The average molecular weight is 493 g/mol. The van der Waals surface area contributed by atoms with Crippen LogP contribution in [0.2, 0.25) is 0 Å². The summed E-state index contributed by atoms with van der Waals surface area (Å²) in [5, 5.41) is 2.99. The first kappa shape index (κ1) is 26.2. The molecule has 0 saturated heterocycles. The van der Waals surface area contributed by atoms with Crippen molar-refractivity contribution in [3.8, 4) is 5.75 Å². The Morgan fingerprint density at radius 2 is 1.69 bits per heavy atom. The smallest absolute Gasteiger partial charge is 0.326 e. The van der Waals surface area contributed by atoms with E-state index in [2.05, 4.69) is 12.2 Å². The van der Waals surface area contributed by atoms with Gasteiger partial charge in [0, 0.05) is 27.7 Å². The molecule has 0 atom stereocenters. The van der Waals surface area contributed by atoms with E-state index in [-0.39, 0.29) is 18.4 Å². The van der Waals surface area contributed by atoms with Gasteiger partial charge in [-0.15, -0.1) is 0 Å². The van der Waals surface area contributed by atoms with Gasteiger partial charge in [-0.25, -0.2) is 4.79 Å². The topological polar surface area (TPSA) is 67.9 Å². The molecule has 0 fully saturated rings. The van der Waals surface area contributed by atoms with Crippen molar-refractivity contribution in [3.63, 3.8) is 0 Å². The summed E-state index contributed by atoms with van der Waals surface area (Å²) in [6, 6.07) is 23.0. The number of amides is 2. The van der Waals surface area contributed by atoms with Crippen LogP contribution in [-0.2, 0) is 16.0 Å². The maximum Gasteiger partial charge on any atom is 0.326 e. The van der Waals surface area contributed by atoms with Crippen molar-refractivity contribution in [1.82, 2.24) is 0 Å². The van der Waals surface area contributed by atoms with Gasteiger partial charge in [0.25, 0.3) is 0 Å². The quantitative estimate of drug-likeness (QED) is 0.299. The third-order valence-electron chi connectivity index (χ3n) is 5.26. The van der Waals surface area contributed by atoms with Crippen LogP contribution in [0.3, 0.4) is 0 Å². The molecule has 0 bridgehead atoms. The molecule has 0 spiro atoms. The maximum atomic E-state index is 13.2. The standard InChI is InChI=1S/C28H32N2O4S/c1-4-6-18-30(28(32)29-22-12-14-24(33-3)15-13-22)23-8-7-9-26(20-23)35-25-16-10-21(11-17-25)19-27(31)34-5-2/h7-17,20H,4-6,18-19H2,1-3H3,(H,29,32). The van der Waals surface area contributed by atoms with E-state index in [1.807, 2.05) is 72.8 Å². The summed E-state index contributed by atoms with van der Waals surface area (Å²) in [5.41, 5.74) is 2.47. The molecule has 35 heavy (non-hydrogen) atoms. The molecule has 0 aliphatic carbocycles. The van der Waals surface area contributed by atoms with E-state index in [4.69, 9.17) is 9.47 Å². The number of benzene rings is 3. The molecule has 0 heterocycles. The number of carbonyl (C=O) groups excluding carboxylic acids is 2. The fraction of sp³-hybridized carbons (Fsp3) is 0.286. The minimum atomic E-state index is -0.222. The predicted molar refractivity (Wildman–Crippen MR) is 142 cm³/mol. The second kappa shape index (κ2) is 13.4. The summed E-state index contributed by atoms with van der Waals surface area (Å²) in [7, 11) is 1.61. The van der Waals surface area contributed by atoms with Crippen LogP contribution >= 0.6 is 11.8 Å². The molecule has 184 valence electrons. The minimum absolute atomic E-state index is 0.172. The number of anilines is 2. The first-order chi connectivity index (χ1) is 17.0. The van der Waals surface area contributed by atoms with E-state index in [0.29, 0.717) is 18.8 Å². The summed E-state index contributed by atoms with van der Waals surface area (Å²) >= 11 is 1.61. The number of unbranched alkanes of at least 4 members (excludes halogenated alkanes) is 1. The van der Waals surface area contributed by atoms with E-state index in [0.717, 1.165) is 39.6 Å². The predicted octanol–water partition coefficient (Wildman–Crippen LogP) is 6.79. The normalized spacial score (nSPS) is 10.5. The molecular weight excluding hydrogens is 460 g/mol. The third kappa shape index (κ3) is 8.07. The maximum absolute atomic E-state index is 13.2. The monoisotopic (exact) mass is 492 g/mol. The summed E-state index contributed by atoms with van der Waals surface area (Å²) in [6.45, 7) is 4.92. The molecule has 7 heteroatoms. The van der Waals surface area contributed by atoms with Gasteiger partial charge in [0.1, 0.15) is 5.75 Å². The first-order valence-electron chi connectivity index (χ1n) is 11.8. The van der Waals surface area contributed by atoms with Gasteiger partial charge in [-0.3, -0.25) is 9.69 Å². The van der Waals surface area contributed by atoms with E-state index in [1.165, 1.54) is 0 Å². The molecule has 0 unspecified atom stereocenters. The number of esters is 1. The fourth-order valence-corrected chi connectivity index (χ4v) is 4.31. The van der Waals surface area contributed by atoms with Gasteiger partial charge in [-0.2, -0.15) is 0 Å². The number of nitrogens with one attached hydrogen (secondary N) is 1. The summed E-state index contributed by atoms with van der Waals surface area (Å²) in [5.74, 6) is 0.519. The van der Waals surface area contributed by atoms with Crippen molar-refractivity contribution < 1.29 is 19.1 Å². The number of rotatable bonds is 11. The molecule has 1 N–H and O–H groups in total. The van der Waals surface area contributed by atoms with Crippen molar-refractivity contribution in [2.75, 3.05) is 30.5 Å². The fourth-order valence-electron chi connectivity index (χ4n) is 3.43. The Morgan fingerprint density at radius 1 is 0.943 bits per heavy atom. The van der Waals surface area contributed by atoms with Crippen LogP contribution in [-0.4, -0.2) is 32.3 Å². The zero-order chi connectivity index (χ0) is 25.0.